The highest BCUT2D eigenvalue weighted by Gasteiger charge is 2.13. The number of nitrogens with zero attached hydrogens (tertiary/aromatic N) is 2. The number of aromatic nitrogens is 2. The number of aliphatic hydroxyl groups excluding tert-OH is 1. The van der Waals surface area contributed by atoms with Crippen molar-refractivity contribution >= 4 is 5.69 Å². The molecule has 1 heterocycles. The number of benzene rings is 1. The number of aliphatic hydroxyl groups is 1. The first-order valence-electron chi connectivity index (χ1n) is 5.61. The SMILES string of the molecule is Cc1ccc(NC(CO)c2cncn2C)cc1. The molecule has 0 saturated heterocycles. The lowest BCUT2D eigenvalue weighted by atomic mass is 10.2. The van der Waals surface area contributed by atoms with Gasteiger partial charge in [0.1, 0.15) is 0 Å². The van der Waals surface area contributed by atoms with Crippen LogP contribution in [0.5, 0.6) is 0 Å². The number of nitrogens with one attached hydrogen (secondary N) is 1. The van der Waals surface area contributed by atoms with Crippen molar-refractivity contribution in [2.45, 2.75) is 13.0 Å². The van der Waals surface area contributed by atoms with E-state index >= 15 is 0 Å². The first-order chi connectivity index (χ1) is 8.20. The van der Waals surface area contributed by atoms with Crippen LogP contribution in [0, 0.1) is 6.92 Å². The Kier molecular flexibility index (Phi) is 3.44. The number of aryl methyl sites for hydroxylation is 2. The molecule has 4 heteroatoms. The van der Waals surface area contributed by atoms with E-state index in [1.807, 2.05) is 35.9 Å². The predicted octanol–water partition coefficient (Wildman–Crippen LogP) is 1.87. The highest BCUT2D eigenvalue weighted by atomic mass is 16.3. The number of anilines is 1. The summed E-state index contributed by atoms with van der Waals surface area (Å²) >= 11 is 0. The lowest BCUT2D eigenvalue weighted by molar-refractivity contribution is 0.272. The van der Waals surface area contributed by atoms with Crippen LogP contribution in [0.15, 0.2) is 36.8 Å². The van der Waals surface area contributed by atoms with Gasteiger partial charge in [0, 0.05) is 12.7 Å². The fourth-order valence-corrected chi connectivity index (χ4v) is 1.77. The quantitative estimate of drug-likeness (QED) is 0.844. The van der Waals surface area contributed by atoms with E-state index < -0.39 is 0 Å². The molecule has 0 radical (unpaired) electrons. The van der Waals surface area contributed by atoms with Gasteiger partial charge in [-0.15, -0.1) is 0 Å². The summed E-state index contributed by atoms with van der Waals surface area (Å²) in [6.07, 6.45) is 3.50. The molecular weight excluding hydrogens is 214 g/mol. The van der Waals surface area contributed by atoms with Gasteiger partial charge in [-0.25, -0.2) is 4.98 Å². The smallest absolute Gasteiger partial charge is 0.0946 e. The molecule has 17 heavy (non-hydrogen) atoms. The van der Waals surface area contributed by atoms with Crippen LogP contribution in [-0.2, 0) is 7.05 Å². The monoisotopic (exact) mass is 231 g/mol. The third kappa shape index (κ3) is 2.65. The molecular formula is C13H17N3O. The van der Waals surface area contributed by atoms with Gasteiger partial charge in [0.05, 0.1) is 30.9 Å². The Balaban J connectivity index is 2.16. The highest BCUT2D eigenvalue weighted by Crippen LogP contribution is 2.18. The van der Waals surface area contributed by atoms with Crippen LogP contribution >= 0.6 is 0 Å². The van der Waals surface area contributed by atoms with Crippen molar-refractivity contribution in [1.82, 2.24) is 9.55 Å². The zero-order valence-corrected chi connectivity index (χ0v) is 10.1. The van der Waals surface area contributed by atoms with Crippen LogP contribution in [-0.4, -0.2) is 21.3 Å². The second kappa shape index (κ2) is 5.01. The molecule has 1 aromatic carbocycles. The maximum Gasteiger partial charge on any atom is 0.0946 e. The van der Waals surface area contributed by atoms with Crippen molar-refractivity contribution in [3.63, 3.8) is 0 Å². The Morgan fingerprint density at radius 2 is 2.06 bits per heavy atom. The second-order valence-corrected chi connectivity index (χ2v) is 4.17. The first kappa shape index (κ1) is 11.7. The highest BCUT2D eigenvalue weighted by molar-refractivity contribution is 5.46. The fraction of sp³-hybridized carbons (Fsp3) is 0.308. The molecule has 1 aromatic heterocycles. The van der Waals surface area contributed by atoms with Gasteiger partial charge in [-0.1, -0.05) is 17.7 Å². The van der Waals surface area contributed by atoms with Gasteiger partial charge in [-0.2, -0.15) is 0 Å². The summed E-state index contributed by atoms with van der Waals surface area (Å²) in [5.74, 6) is 0. The van der Waals surface area contributed by atoms with Gasteiger partial charge < -0.3 is 15.0 Å². The molecule has 2 rings (SSSR count). The molecule has 0 saturated carbocycles. The fourth-order valence-electron chi connectivity index (χ4n) is 1.77. The van der Waals surface area contributed by atoms with E-state index in [0.717, 1.165) is 11.4 Å². The molecule has 0 fully saturated rings. The summed E-state index contributed by atoms with van der Waals surface area (Å²) < 4.78 is 1.90. The summed E-state index contributed by atoms with van der Waals surface area (Å²) in [4.78, 5) is 4.06. The van der Waals surface area contributed by atoms with Gasteiger partial charge in [0.2, 0.25) is 0 Å². The summed E-state index contributed by atoms with van der Waals surface area (Å²) in [6.45, 7) is 2.09. The predicted molar refractivity (Wildman–Crippen MR) is 67.8 cm³/mol. The van der Waals surface area contributed by atoms with Gasteiger partial charge in [-0.3, -0.25) is 0 Å². The van der Waals surface area contributed by atoms with E-state index in [4.69, 9.17) is 0 Å². The van der Waals surface area contributed by atoms with Crippen molar-refractivity contribution in [3.05, 3.63) is 48.0 Å². The van der Waals surface area contributed by atoms with Crippen molar-refractivity contribution in [2.75, 3.05) is 11.9 Å². The summed E-state index contributed by atoms with van der Waals surface area (Å²) in [6, 6.07) is 7.97. The first-order valence-corrected chi connectivity index (χ1v) is 5.61. The minimum absolute atomic E-state index is 0.0351. The number of hydrogen-bond acceptors (Lipinski definition) is 3. The van der Waals surface area contributed by atoms with E-state index in [1.54, 1.807) is 12.5 Å². The third-order valence-corrected chi connectivity index (χ3v) is 2.79. The Hall–Kier alpha value is -1.81. The van der Waals surface area contributed by atoms with Crippen molar-refractivity contribution in [2.24, 2.45) is 7.05 Å². The van der Waals surface area contributed by atoms with Gasteiger partial charge in [0.15, 0.2) is 0 Å². The Bertz CT molecular complexity index is 476. The van der Waals surface area contributed by atoms with Crippen molar-refractivity contribution < 1.29 is 5.11 Å². The Labute approximate surface area is 101 Å². The van der Waals surface area contributed by atoms with E-state index in [0.29, 0.717) is 0 Å². The molecule has 0 spiro atoms. The van der Waals surface area contributed by atoms with Crippen LogP contribution in [0.2, 0.25) is 0 Å². The number of imidazole rings is 1. The number of rotatable bonds is 4. The molecule has 1 unspecified atom stereocenters. The maximum atomic E-state index is 9.43. The lowest BCUT2D eigenvalue weighted by Gasteiger charge is -2.18. The van der Waals surface area contributed by atoms with Gasteiger partial charge in [0.25, 0.3) is 0 Å². The van der Waals surface area contributed by atoms with Crippen LogP contribution in [0.4, 0.5) is 5.69 Å². The molecule has 2 aromatic rings. The molecule has 2 N–H and O–H groups in total. The Morgan fingerprint density at radius 1 is 1.35 bits per heavy atom. The van der Waals surface area contributed by atoms with E-state index in [2.05, 4.69) is 17.2 Å². The van der Waals surface area contributed by atoms with Crippen LogP contribution in [0.1, 0.15) is 17.3 Å². The average Bonchev–Trinajstić information content (AvgIpc) is 2.75. The normalized spacial score (nSPS) is 12.4. The standard InChI is InChI=1S/C13H17N3O/c1-10-3-5-11(6-4-10)15-12(8-17)13-7-14-9-16(13)2/h3-7,9,12,15,17H,8H2,1-2H3. The number of hydrogen-bond donors (Lipinski definition) is 2. The minimum atomic E-state index is -0.134. The van der Waals surface area contributed by atoms with Crippen LogP contribution < -0.4 is 5.32 Å². The van der Waals surface area contributed by atoms with Crippen LogP contribution in [0.25, 0.3) is 0 Å². The van der Waals surface area contributed by atoms with Gasteiger partial charge >= 0.3 is 0 Å². The van der Waals surface area contributed by atoms with E-state index in [9.17, 15) is 5.11 Å². The van der Waals surface area contributed by atoms with Crippen molar-refractivity contribution in [1.29, 1.82) is 0 Å². The zero-order valence-electron chi connectivity index (χ0n) is 10.1. The molecule has 0 aliphatic carbocycles. The molecule has 0 amide bonds. The van der Waals surface area contributed by atoms with E-state index in [-0.39, 0.29) is 12.6 Å². The maximum absolute atomic E-state index is 9.43. The molecule has 0 aliphatic heterocycles. The lowest BCUT2D eigenvalue weighted by Crippen LogP contribution is -2.17. The molecule has 0 bridgehead atoms. The van der Waals surface area contributed by atoms with Crippen LogP contribution in [0.3, 0.4) is 0 Å². The summed E-state index contributed by atoms with van der Waals surface area (Å²) in [5.41, 5.74) is 3.18. The van der Waals surface area contributed by atoms with Crippen molar-refractivity contribution in [3.8, 4) is 0 Å². The third-order valence-electron chi connectivity index (χ3n) is 2.79. The van der Waals surface area contributed by atoms with Gasteiger partial charge in [-0.05, 0) is 19.1 Å². The molecule has 1 atom stereocenters. The topological polar surface area (TPSA) is 50.1 Å². The Morgan fingerprint density at radius 3 is 2.59 bits per heavy atom. The minimum Gasteiger partial charge on any atom is -0.394 e. The second-order valence-electron chi connectivity index (χ2n) is 4.17. The van der Waals surface area contributed by atoms with E-state index in [1.165, 1.54) is 5.56 Å². The average molecular weight is 231 g/mol. The molecule has 90 valence electrons. The molecule has 4 nitrogen and oxygen atoms in total. The zero-order chi connectivity index (χ0) is 12.3. The largest absolute Gasteiger partial charge is 0.394 e. The molecule has 0 aliphatic rings. The summed E-state index contributed by atoms with van der Waals surface area (Å²) in [7, 11) is 1.92. The summed E-state index contributed by atoms with van der Waals surface area (Å²) in [5, 5.41) is 12.7.